The molecule has 1 amide bonds. The minimum absolute atomic E-state index is 0.0928. The molecule has 0 unspecified atom stereocenters. The maximum atomic E-state index is 14.0. The van der Waals surface area contributed by atoms with Crippen molar-refractivity contribution < 1.29 is 22.7 Å². The molecule has 52 heavy (non-hydrogen) atoms. The van der Waals surface area contributed by atoms with Crippen LogP contribution >= 0.6 is 0 Å². The van der Waals surface area contributed by atoms with Crippen molar-refractivity contribution in [3.8, 4) is 5.82 Å². The Morgan fingerprint density at radius 3 is 2.48 bits per heavy atom. The highest BCUT2D eigenvalue weighted by molar-refractivity contribution is 6.11. The number of carbonyl (C=O) groups is 1. The second kappa shape index (κ2) is 15.2. The van der Waals surface area contributed by atoms with E-state index in [1.165, 1.54) is 23.4 Å². The van der Waals surface area contributed by atoms with Gasteiger partial charge in [-0.05, 0) is 80.1 Å². The molecule has 2 aromatic heterocycles. The Hall–Kier alpha value is -5.79. The second-order valence-electron chi connectivity index (χ2n) is 12.4. The Kier molecular flexibility index (Phi) is 10.1. The number of carbonyl (C=O) groups excluding carboxylic acids is 1. The lowest BCUT2D eigenvalue weighted by atomic mass is 10.1. The van der Waals surface area contributed by atoms with Crippen LogP contribution in [-0.4, -0.2) is 69.7 Å². The molecule has 0 aliphatic carbocycles. The van der Waals surface area contributed by atoms with Crippen LogP contribution < -0.4 is 15.5 Å². The number of nitrogens with zero attached hydrogens (tertiary/aromatic N) is 6. The average molecular weight is 707 g/mol. The first-order valence-corrected chi connectivity index (χ1v) is 17.0. The summed E-state index contributed by atoms with van der Waals surface area (Å²) >= 11 is 0. The van der Waals surface area contributed by atoms with E-state index in [1.54, 1.807) is 36.4 Å². The normalized spacial score (nSPS) is 13.6. The van der Waals surface area contributed by atoms with E-state index in [0.29, 0.717) is 34.6 Å². The lowest BCUT2D eigenvalue weighted by Crippen LogP contribution is -2.37. The SMILES string of the molecule is Cc1ccc(N(C(=O)c2cccc(C(F)(F)F)c2)c2ccccc2)cc1Nc1nc2ccccc2n1-c1cc(NCCCN2CCOCC2)ncn1. The highest BCUT2D eigenvalue weighted by Gasteiger charge is 2.32. The molecule has 6 aromatic rings. The molecule has 13 heteroatoms. The van der Waals surface area contributed by atoms with Crippen molar-refractivity contribution in [2.24, 2.45) is 0 Å². The van der Waals surface area contributed by atoms with Crippen LogP contribution in [0.3, 0.4) is 0 Å². The molecule has 3 heterocycles. The van der Waals surface area contributed by atoms with Gasteiger partial charge >= 0.3 is 6.18 Å². The van der Waals surface area contributed by atoms with E-state index in [1.807, 2.05) is 54.0 Å². The fourth-order valence-electron chi connectivity index (χ4n) is 6.17. The van der Waals surface area contributed by atoms with Gasteiger partial charge in [-0.2, -0.15) is 13.2 Å². The van der Waals surface area contributed by atoms with Crippen LogP contribution in [0.15, 0.2) is 109 Å². The van der Waals surface area contributed by atoms with Gasteiger partial charge in [0, 0.05) is 42.6 Å². The Labute approximate surface area is 298 Å². The predicted molar refractivity (Wildman–Crippen MR) is 196 cm³/mol. The van der Waals surface area contributed by atoms with E-state index in [9.17, 15) is 18.0 Å². The van der Waals surface area contributed by atoms with Gasteiger partial charge in [0.05, 0.1) is 35.5 Å². The highest BCUT2D eigenvalue weighted by atomic mass is 19.4. The highest BCUT2D eigenvalue weighted by Crippen LogP contribution is 2.35. The molecular formula is C39H37F3N8O2. The van der Waals surface area contributed by atoms with E-state index >= 15 is 0 Å². The minimum Gasteiger partial charge on any atom is -0.379 e. The number of aryl methyl sites for hydroxylation is 1. The molecule has 0 radical (unpaired) electrons. The number of hydrogen-bond acceptors (Lipinski definition) is 8. The Balaban J connectivity index is 1.20. The van der Waals surface area contributed by atoms with Crippen LogP contribution in [0.5, 0.6) is 0 Å². The average Bonchev–Trinajstić information content (AvgIpc) is 3.53. The van der Waals surface area contributed by atoms with Crippen molar-refractivity contribution in [3.05, 3.63) is 126 Å². The van der Waals surface area contributed by atoms with Gasteiger partial charge in [-0.1, -0.05) is 42.5 Å². The van der Waals surface area contributed by atoms with Crippen molar-refractivity contribution in [1.29, 1.82) is 0 Å². The van der Waals surface area contributed by atoms with E-state index in [4.69, 9.17) is 9.72 Å². The van der Waals surface area contributed by atoms with Gasteiger partial charge in [0.25, 0.3) is 5.91 Å². The van der Waals surface area contributed by atoms with Gasteiger partial charge in [-0.3, -0.25) is 19.2 Å². The minimum atomic E-state index is -4.59. The maximum absolute atomic E-state index is 14.0. The number of nitrogens with one attached hydrogen (secondary N) is 2. The summed E-state index contributed by atoms with van der Waals surface area (Å²) in [6.07, 6.45) is -2.13. The standard InChI is InChI=1S/C39H37F3N8O2/c1-27-15-16-31(49(30-11-3-2-4-12-30)37(51)28-9-7-10-29(23-28)39(40,41)42)24-33(27)47-38-46-32-13-5-6-14-34(32)50(38)36-25-35(44-26-45-36)43-17-8-18-48-19-21-52-22-20-48/h2-7,9-16,23-26H,8,17-22H2,1H3,(H,46,47)(H,43,44,45). The lowest BCUT2D eigenvalue weighted by molar-refractivity contribution is -0.137. The number of ether oxygens (including phenoxy) is 1. The number of benzene rings is 4. The van der Waals surface area contributed by atoms with Crippen molar-refractivity contribution >= 4 is 45.8 Å². The molecule has 0 spiro atoms. The van der Waals surface area contributed by atoms with Gasteiger partial charge in [-0.15, -0.1) is 0 Å². The summed E-state index contributed by atoms with van der Waals surface area (Å²) in [5, 5.41) is 6.88. The molecule has 266 valence electrons. The molecule has 0 atom stereocenters. The van der Waals surface area contributed by atoms with Crippen LogP contribution in [0.1, 0.15) is 27.9 Å². The third-order valence-corrected chi connectivity index (χ3v) is 8.88. The smallest absolute Gasteiger partial charge is 0.379 e. The van der Waals surface area contributed by atoms with E-state index < -0.39 is 17.6 Å². The van der Waals surface area contributed by atoms with Gasteiger partial charge in [0.15, 0.2) is 0 Å². The number of halogens is 3. The number of aromatic nitrogens is 4. The maximum Gasteiger partial charge on any atom is 0.416 e. The van der Waals surface area contributed by atoms with Crippen LogP contribution in [-0.2, 0) is 10.9 Å². The van der Waals surface area contributed by atoms with Crippen molar-refractivity contribution in [2.45, 2.75) is 19.5 Å². The fraction of sp³-hybridized carbons (Fsp3) is 0.231. The number of anilines is 5. The summed E-state index contributed by atoms with van der Waals surface area (Å²) < 4.78 is 48.2. The number of imidazole rings is 1. The van der Waals surface area contributed by atoms with Crippen LogP contribution in [0.4, 0.5) is 42.0 Å². The molecule has 1 aliphatic heterocycles. The molecule has 7 rings (SSSR count). The number of fused-ring (bicyclic) bond motifs is 1. The summed E-state index contributed by atoms with van der Waals surface area (Å²) in [6.45, 7) is 7.06. The summed E-state index contributed by atoms with van der Waals surface area (Å²) in [6, 6.07) is 28.3. The Bertz CT molecular complexity index is 2170. The molecule has 1 aliphatic rings. The van der Waals surface area contributed by atoms with Gasteiger partial charge in [0.1, 0.15) is 18.0 Å². The molecule has 1 fully saturated rings. The van der Waals surface area contributed by atoms with E-state index in [-0.39, 0.29) is 5.56 Å². The molecule has 0 bridgehead atoms. The number of morpholine rings is 1. The van der Waals surface area contributed by atoms with Crippen LogP contribution in [0, 0.1) is 6.92 Å². The number of alkyl halides is 3. The largest absolute Gasteiger partial charge is 0.416 e. The van der Waals surface area contributed by atoms with E-state index in [0.717, 1.165) is 74.5 Å². The monoisotopic (exact) mass is 706 g/mol. The first kappa shape index (κ1) is 34.6. The molecular weight excluding hydrogens is 669 g/mol. The zero-order valence-corrected chi connectivity index (χ0v) is 28.5. The van der Waals surface area contributed by atoms with E-state index in [2.05, 4.69) is 25.5 Å². The summed E-state index contributed by atoms with van der Waals surface area (Å²) in [5.74, 6) is 1.15. The zero-order chi connectivity index (χ0) is 36.1. The number of rotatable bonds is 11. The number of amides is 1. The summed E-state index contributed by atoms with van der Waals surface area (Å²) in [5.41, 5.74) is 3.02. The second-order valence-corrected chi connectivity index (χ2v) is 12.4. The molecule has 0 saturated carbocycles. The summed E-state index contributed by atoms with van der Waals surface area (Å²) in [7, 11) is 0. The van der Waals surface area contributed by atoms with Crippen molar-refractivity contribution in [3.63, 3.8) is 0 Å². The first-order chi connectivity index (χ1) is 25.2. The zero-order valence-electron chi connectivity index (χ0n) is 28.5. The molecule has 2 N–H and O–H groups in total. The van der Waals surface area contributed by atoms with Crippen LogP contribution in [0.25, 0.3) is 16.9 Å². The molecule has 10 nitrogen and oxygen atoms in total. The third-order valence-electron chi connectivity index (χ3n) is 8.88. The van der Waals surface area contributed by atoms with Gasteiger partial charge in [-0.25, -0.2) is 15.0 Å². The number of para-hydroxylation sites is 3. The van der Waals surface area contributed by atoms with Crippen molar-refractivity contribution in [1.82, 2.24) is 24.4 Å². The fourth-order valence-corrected chi connectivity index (χ4v) is 6.17. The first-order valence-electron chi connectivity index (χ1n) is 17.0. The Morgan fingerprint density at radius 2 is 1.67 bits per heavy atom. The molecule has 1 saturated heterocycles. The quantitative estimate of drug-likeness (QED) is 0.131. The third kappa shape index (κ3) is 7.75. The molecule has 4 aromatic carbocycles. The van der Waals surface area contributed by atoms with Crippen molar-refractivity contribution in [2.75, 3.05) is 54.9 Å². The predicted octanol–water partition coefficient (Wildman–Crippen LogP) is 8.00. The van der Waals surface area contributed by atoms with Gasteiger partial charge in [0.2, 0.25) is 5.95 Å². The number of hydrogen-bond donors (Lipinski definition) is 2. The Morgan fingerprint density at radius 1 is 0.885 bits per heavy atom. The van der Waals surface area contributed by atoms with Crippen LogP contribution in [0.2, 0.25) is 0 Å². The lowest BCUT2D eigenvalue weighted by Gasteiger charge is -2.26. The topological polar surface area (TPSA) is 100 Å². The van der Waals surface area contributed by atoms with Gasteiger partial charge < -0.3 is 15.4 Å². The summed E-state index contributed by atoms with van der Waals surface area (Å²) in [4.78, 5) is 31.8.